The molecule has 0 heterocycles. The van der Waals surface area contributed by atoms with Crippen LogP contribution in [0.5, 0.6) is 0 Å². The van der Waals surface area contributed by atoms with Gasteiger partial charge in [-0.05, 0) is 25.7 Å². The highest BCUT2D eigenvalue weighted by molar-refractivity contribution is 5.73. The van der Waals surface area contributed by atoms with Crippen LogP contribution in [0.3, 0.4) is 0 Å². The van der Waals surface area contributed by atoms with Gasteiger partial charge in [-0.2, -0.15) is 0 Å². The summed E-state index contributed by atoms with van der Waals surface area (Å²) in [4.78, 5) is 24.3. The first-order chi connectivity index (χ1) is 10.4. The number of ether oxygens (including phenoxy) is 2. The van der Waals surface area contributed by atoms with Gasteiger partial charge >= 0.3 is 11.9 Å². The lowest BCUT2D eigenvalue weighted by atomic mass is 10.0. The zero-order valence-corrected chi connectivity index (χ0v) is 15.1. The molecule has 0 saturated carbocycles. The molecule has 0 aliphatic heterocycles. The van der Waals surface area contributed by atoms with E-state index in [9.17, 15) is 9.59 Å². The summed E-state index contributed by atoms with van der Waals surface area (Å²) in [6.07, 6.45) is 6.63. The van der Waals surface area contributed by atoms with Crippen LogP contribution >= 0.6 is 0 Å². The first kappa shape index (κ1) is 20.9. The maximum Gasteiger partial charge on any atom is 0.311 e. The number of hydrogen-bond acceptors (Lipinski definition) is 4. The quantitative estimate of drug-likeness (QED) is 0.376. The van der Waals surface area contributed by atoms with Crippen molar-refractivity contribution in [3.63, 3.8) is 0 Å². The fraction of sp³-hybridized carbons (Fsp3) is 0.889. The van der Waals surface area contributed by atoms with E-state index in [2.05, 4.69) is 6.92 Å². The maximum atomic E-state index is 12.2. The van der Waals surface area contributed by atoms with Crippen LogP contribution in [-0.4, -0.2) is 17.7 Å². The second-order valence-corrected chi connectivity index (χ2v) is 6.07. The van der Waals surface area contributed by atoms with Crippen LogP contribution in [0.4, 0.5) is 0 Å². The molecule has 130 valence electrons. The molecule has 0 N–H and O–H groups in total. The normalized spacial score (nSPS) is 15.0. The number of carbonyl (C=O) groups excluding carboxylic acids is 2. The van der Waals surface area contributed by atoms with Crippen molar-refractivity contribution in [3.8, 4) is 0 Å². The monoisotopic (exact) mass is 314 g/mol. The van der Waals surface area contributed by atoms with Crippen LogP contribution in [-0.2, 0) is 19.1 Å². The third-order valence-electron chi connectivity index (χ3n) is 3.88. The summed E-state index contributed by atoms with van der Waals surface area (Å²) in [6, 6.07) is 0. The SMILES string of the molecule is CCCCC(=O)OC(CCC)(CCCC)OC(=O)C(C)CC. The Kier molecular flexibility index (Phi) is 10.9. The smallest absolute Gasteiger partial charge is 0.311 e. The van der Waals surface area contributed by atoms with E-state index in [1.807, 2.05) is 27.7 Å². The molecule has 0 aromatic heterocycles. The van der Waals surface area contributed by atoms with Gasteiger partial charge in [0.1, 0.15) is 0 Å². The molecular weight excluding hydrogens is 280 g/mol. The Labute approximate surface area is 135 Å². The molecule has 0 aliphatic carbocycles. The molecule has 0 aromatic carbocycles. The lowest BCUT2D eigenvalue weighted by Crippen LogP contribution is -2.41. The van der Waals surface area contributed by atoms with E-state index in [0.717, 1.165) is 38.5 Å². The lowest BCUT2D eigenvalue weighted by Gasteiger charge is -2.33. The van der Waals surface area contributed by atoms with Gasteiger partial charge in [-0.15, -0.1) is 0 Å². The Hall–Kier alpha value is -1.06. The molecule has 22 heavy (non-hydrogen) atoms. The molecule has 0 rings (SSSR count). The van der Waals surface area contributed by atoms with Crippen LogP contribution in [0.15, 0.2) is 0 Å². The molecule has 0 spiro atoms. The fourth-order valence-corrected chi connectivity index (χ4v) is 2.21. The van der Waals surface area contributed by atoms with E-state index >= 15 is 0 Å². The van der Waals surface area contributed by atoms with Crippen molar-refractivity contribution in [2.24, 2.45) is 5.92 Å². The highest BCUT2D eigenvalue weighted by atomic mass is 16.7. The highest BCUT2D eigenvalue weighted by Gasteiger charge is 2.38. The Morgan fingerprint density at radius 3 is 2.05 bits per heavy atom. The minimum Gasteiger partial charge on any atom is -0.422 e. The molecule has 2 atom stereocenters. The number of unbranched alkanes of at least 4 members (excludes halogenated alkanes) is 2. The van der Waals surface area contributed by atoms with E-state index < -0.39 is 5.79 Å². The lowest BCUT2D eigenvalue weighted by molar-refractivity contribution is -0.237. The average molecular weight is 314 g/mol. The van der Waals surface area contributed by atoms with E-state index in [-0.39, 0.29) is 17.9 Å². The van der Waals surface area contributed by atoms with Gasteiger partial charge in [-0.25, -0.2) is 0 Å². The summed E-state index contributed by atoms with van der Waals surface area (Å²) in [5.74, 6) is -1.78. The second kappa shape index (κ2) is 11.5. The first-order valence-corrected chi connectivity index (χ1v) is 8.89. The van der Waals surface area contributed by atoms with Crippen molar-refractivity contribution >= 4 is 11.9 Å². The number of rotatable bonds is 12. The van der Waals surface area contributed by atoms with Crippen molar-refractivity contribution in [3.05, 3.63) is 0 Å². The molecule has 0 fully saturated rings. The van der Waals surface area contributed by atoms with Gasteiger partial charge in [-0.1, -0.05) is 47.5 Å². The van der Waals surface area contributed by atoms with Crippen LogP contribution < -0.4 is 0 Å². The third-order valence-corrected chi connectivity index (χ3v) is 3.88. The predicted molar refractivity (Wildman–Crippen MR) is 88.3 cm³/mol. The topological polar surface area (TPSA) is 52.6 Å². The Bertz CT molecular complexity index is 327. The number of hydrogen-bond donors (Lipinski definition) is 0. The third kappa shape index (κ3) is 7.81. The van der Waals surface area contributed by atoms with Crippen molar-refractivity contribution in [2.45, 2.75) is 98.2 Å². The Morgan fingerprint density at radius 2 is 1.55 bits per heavy atom. The van der Waals surface area contributed by atoms with Crippen LogP contribution in [0, 0.1) is 5.92 Å². The molecule has 0 aromatic rings. The predicted octanol–water partition coefficient (Wildman–Crippen LogP) is 5.00. The molecule has 2 unspecified atom stereocenters. The largest absolute Gasteiger partial charge is 0.422 e. The van der Waals surface area contributed by atoms with E-state index in [1.165, 1.54) is 0 Å². The van der Waals surface area contributed by atoms with Crippen LogP contribution in [0.25, 0.3) is 0 Å². The number of esters is 2. The van der Waals surface area contributed by atoms with E-state index in [0.29, 0.717) is 19.3 Å². The summed E-state index contributed by atoms with van der Waals surface area (Å²) in [5, 5.41) is 0. The number of carbonyl (C=O) groups is 2. The summed E-state index contributed by atoms with van der Waals surface area (Å²) < 4.78 is 11.4. The first-order valence-electron chi connectivity index (χ1n) is 8.89. The minimum absolute atomic E-state index is 0.174. The average Bonchev–Trinajstić information content (AvgIpc) is 2.50. The highest BCUT2D eigenvalue weighted by Crippen LogP contribution is 2.29. The minimum atomic E-state index is -1.07. The summed E-state index contributed by atoms with van der Waals surface area (Å²) >= 11 is 0. The molecule has 0 radical (unpaired) electrons. The molecule has 4 heteroatoms. The molecule has 0 amide bonds. The van der Waals surface area contributed by atoms with Gasteiger partial charge in [-0.3, -0.25) is 9.59 Å². The molecule has 0 saturated heterocycles. The van der Waals surface area contributed by atoms with Crippen molar-refractivity contribution in [1.29, 1.82) is 0 Å². The molecule has 0 aliphatic rings. The van der Waals surface area contributed by atoms with Crippen molar-refractivity contribution in [1.82, 2.24) is 0 Å². The van der Waals surface area contributed by atoms with Crippen molar-refractivity contribution in [2.75, 3.05) is 0 Å². The van der Waals surface area contributed by atoms with Crippen LogP contribution in [0.2, 0.25) is 0 Å². The summed E-state index contributed by atoms with van der Waals surface area (Å²) in [7, 11) is 0. The van der Waals surface area contributed by atoms with Gasteiger partial charge in [0.05, 0.1) is 5.92 Å². The summed E-state index contributed by atoms with van der Waals surface area (Å²) in [5.41, 5.74) is 0. The van der Waals surface area contributed by atoms with Crippen LogP contribution in [0.1, 0.15) is 92.4 Å². The molecule has 4 nitrogen and oxygen atoms in total. The van der Waals surface area contributed by atoms with E-state index in [1.54, 1.807) is 0 Å². The van der Waals surface area contributed by atoms with Gasteiger partial charge in [0, 0.05) is 19.3 Å². The molecular formula is C18H34O4. The maximum absolute atomic E-state index is 12.2. The Balaban J connectivity index is 5.04. The standard InChI is InChI=1S/C18H34O4/c1-6-10-12-16(19)21-18(13-8-3,14-11-7-2)22-17(20)15(5)9-4/h15H,6-14H2,1-5H3. The van der Waals surface area contributed by atoms with Crippen molar-refractivity contribution < 1.29 is 19.1 Å². The zero-order chi connectivity index (χ0) is 17.0. The van der Waals surface area contributed by atoms with Gasteiger partial charge in [0.15, 0.2) is 0 Å². The van der Waals surface area contributed by atoms with Gasteiger partial charge in [0.25, 0.3) is 5.79 Å². The molecule has 0 bridgehead atoms. The zero-order valence-electron chi connectivity index (χ0n) is 15.1. The fourth-order valence-electron chi connectivity index (χ4n) is 2.21. The summed E-state index contributed by atoms with van der Waals surface area (Å²) in [6.45, 7) is 9.92. The van der Waals surface area contributed by atoms with E-state index in [4.69, 9.17) is 9.47 Å². The Morgan fingerprint density at radius 1 is 0.909 bits per heavy atom. The van der Waals surface area contributed by atoms with Gasteiger partial charge < -0.3 is 9.47 Å². The second-order valence-electron chi connectivity index (χ2n) is 6.07. The van der Waals surface area contributed by atoms with Gasteiger partial charge in [0.2, 0.25) is 0 Å².